The van der Waals surface area contributed by atoms with E-state index in [1.54, 1.807) is 51.2 Å². The first-order valence-corrected chi connectivity index (χ1v) is 14.6. The number of nitrogens with one attached hydrogen (secondary N) is 1. The number of hydrogen-bond acceptors (Lipinski definition) is 9. The van der Waals surface area contributed by atoms with Crippen LogP contribution in [0.1, 0.15) is 27.7 Å². The maximum Gasteiger partial charge on any atom is 0.410 e. The van der Waals surface area contributed by atoms with Crippen molar-refractivity contribution in [2.45, 2.75) is 38.2 Å². The van der Waals surface area contributed by atoms with Gasteiger partial charge in [-0.25, -0.2) is 18.2 Å². The van der Waals surface area contributed by atoms with Gasteiger partial charge in [0.25, 0.3) is 5.69 Å². The summed E-state index contributed by atoms with van der Waals surface area (Å²) in [4.78, 5) is 41.1. The van der Waals surface area contributed by atoms with Gasteiger partial charge < -0.3 is 15.0 Å². The predicted molar refractivity (Wildman–Crippen MR) is 151 cm³/mol. The van der Waals surface area contributed by atoms with Crippen LogP contribution >= 0.6 is 11.3 Å². The Morgan fingerprint density at radius 3 is 2.30 bits per heavy atom. The number of rotatable bonds is 6. The van der Waals surface area contributed by atoms with Crippen molar-refractivity contribution in [1.29, 1.82) is 0 Å². The van der Waals surface area contributed by atoms with Crippen molar-refractivity contribution in [2.75, 3.05) is 31.5 Å². The van der Waals surface area contributed by atoms with Gasteiger partial charge >= 0.3 is 6.09 Å². The van der Waals surface area contributed by atoms with Gasteiger partial charge in [0.15, 0.2) is 0 Å². The van der Waals surface area contributed by atoms with Crippen LogP contribution in [0, 0.1) is 10.1 Å². The van der Waals surface area contributed by atoms with Crippen molar-refractivity contribution in [2.24, 2.45) is 0 Å². The molecule has 40 heavy (non-hydrogen) atoms. The number of carbonyl (C=O) groups is 2. The molecule has 14 heteroatoms. The van der Waals surface area contributed by atoms with Crippen LogP contribution in [-0.2, 0) is 19.6 Å². The van der Waals surface area contributed by atoms with Crippen molar-refractivity contribution < 1.29 is 27.7 Å². The van der Waals surface area contributed by atoms with E-state index in [4.69, 9.17) is 4.74 Å². The molecule has 0 unspecified atom stereocenters. The first-order chi connectivity index (χ1) is 18.7. The molecule has 1 fully saturated rings. The molecule has 1 aliphatic rings. The number of nitrogens with zero attached hydrogens (tertiary/aromatic N) is 4. The number of aromatic nitrogens is 1. The molecule has 2 amide bonds. The number of thiazole rings is 1. The number of benzene rings is 2. The predicted octanol–water partition coefficient (Wildman–Crippen LogP) is 4.59. The normalized spacial score (nSPS) is 14.6. The second-order valence-electron chi connectivity index (χ2n) is 10.1. The van der Waals surface area contributed by atoms with Gasteiger partial charge in [0.2, 0.25) is 15.9 Å². The lowest BCUT2D eigenvalue weighted by atomic mass is 10.2. The lowest BCUT2D eigenvalue weighted by molar-refractivity contribution is -0.384. The molecule has 2 heterocycles. The highest BCUT2D eigenvalue weighted by molar-refractivity contribution is 7.89. The number of ether oxygens (including phenoxy) is 1. The lowest BCUT2D eigenvalue weighted by Crippen LogP contribution is -2.51. The maximum atomic E-state index is 13.9. The third-order valence-corrected chi connectivity index (χ3v) is 8.92. The zero-order valence-electron chi connectivity index (χ0n) is 22.4. The lowest BCUT2D eigenvalue weighted by Gasteiger charge is -2.35. The molecule has 12 nitrogen and oxygen atoms in total. The van der Waals surface area contributed by atoms with E-state index < -0.39 is 26.6 Å². The Hall–Kier alpha value is -3.88. The van der Waals surface area contributed by atoms with Crippen molar-refractivity contribution in [3.05, 3.63) is 58.8 Å². The first kappa shape index (κ1) is 29.1. The second kappa shape index (κ2) is 11.3. The van der Waals surface area contributed by atoms with Crippen LogP contribution < -0.4 is 5.32 Å². The minimum Gasteiger partial charge on any atom is -0.444 e. The fourth-order valence-electron chi connectivity index (χ4n) is 4.05. The van der Waals surface area contributed by atoms with Crippen molar-refractivity contribution in [3.8, 4) is 21.0 Å². The molecule has 1 aromatic heterocycles. The summed E-state index contributed by atoms with van der Waals surface area (Å²) in [5.74, 6) is -0.347. The standard InChI is InChI=1S/C26H29N5O7S2/c1-17(32)28-19-7-10-21(22-16-27-24(39-22)18-5-8-20(9-6-18)31(34)35)23(15-19)40(36,37)30-13-11-29(12-14-30)25(33)38-26(2,3)4/h5-10,15-16H,11-14H2,1-4H3,(H,28,32). The number of non-ortho nitro benzene ring substituents is 1. The maximum absolute atomic E-state index is 13.9. The van der Waals surface area contributed by atoms with Crippen LogP contribution in [0.2, 0.25) is 0 Å². The number of hydrogen-bond donors (Lipinski definition) is 1. The molecule has 212 valence electrons. The van der Waals surface area contributed by atoms with E-state index in [-0.39, 0.29) is 42.7 Å². The van der Waals surface area contributed by atoms with Gasteiger partial charge in [-0.1, -0.05) is 6.07 Å². The molecule has 0 aliphatic carbocycles. The Morgan fingerprint density at radius 2 is 1.73 bits per heavy atom. The molecular formula is C26H29N5O7S2. The van der Waals surface area contributed by atoms with Crippen LogP contribution in [0.3, 0.4) is 0 Å². The van der Waals surface area contributed by atoms with E-state index in [2.05, 4.69) is 10.3 Å². The number of anilines is 1. The van der Waals surface area contributed by atoms with Gasteiger partial charge in [0, 0.05) is 68.2 Å². The zero-order chi connectivity index (χ0) is 29.2. The fraction of sp³-hybridized carbons (Fsp3) is 0.346. The number of piperazine rings is 1. The summed E-state index contributed by atoms with van der Waals surface area (Å²) in [6.45, 7) is 7.10. The van der Waals surface area contributed by atoms with Gasteiger partial charge in [-0.2, -0.15) is 4.31 Å². The largest absolute Gasteiger partial charge is 0.444 e. The molecule has 1 saturated heterocycles. The molecule has 4 rings (SSSR count). The van der Waals surface area contributed by atoms with Gasteiger partial charge in [-0.3, -0.25) is 14.9 Å². The molecule has 0 bridgehead atoms. The van der Waals surface area contributed by atoms with Gasteiger partial charge in [-0.05, 0) is 45.0 Å². The van der Waals surface area contributed by atoms with E-state index in [1.165, 1.54) is 45.7 Å². The average molecular weight is 588 g/mol. The Bertz CT molecular complexity index is 1540. The molecule has 0 atom stereocenters. The summed E-state index contributed by atoms with van der Waals surface area (Å²) < 4.78 is 34.5. The minimum absolute atomic E-state index is 0.0108. The number of sulfonamides is 1. The number of carbonyl (C=O) groups excluding carboxylic acids is 2. The highest BCUT2D eigenvalue weighted by Crippen LogP contribution is 2.38. The van der Waals surface area contributed by atoms with Crippen LogP contribution in [-0.4, -0.2) is 71.3 Å². The highest BCUT2D eigenvalue weighted by Gasteiger charge is 2.34. The van der Waals surface area contributed by atoms with Crippen LogP contribution in [0.4, 0.5) is 16.2 Å². The summed E-state index contributed by atoms with van der Waals surface area (Å²) >= 11 is 1.24. The molecule has 0 saturated carbocycles. The summed E-state index contributed by atoms with van der Waals surface area (Å²) in [5, 5.41) is 14.2. The number of nitro benzene ring substituents is 1. The monoisotopic (exact) mass is 587 g/mol. The van der Waals surface area contributed by atoms with E-state index in [0.29, 0.717) is 26.7 Å². The van der Waals surface area contributed by atoms with Crippen LogP contribution in [0.5, 0.6) is 0 Å². The molecule has 2 aromatic carbocycles. The van der Waals surface area contributed by atoms with Crippen LogP contribution in [0.15, 0.2) is 53.6 Å². The van der Waals surface area contributed by atoms with Crippen molar-refractivity contribution in [3.63, 3.8) is 0 Å². The highest BCUT2D eigenvalue weighted by atomic mass is 32.2. The van der Waals surface area contributed by atoms with E-state index >= 15 is 0 Å². The van der Waals surface area contributed by atoms with Gasteiger partial charge in [-0.15, -0.1) is 11.3 Å². The first-order valence-electron chi connectivity index (χ1n) is 12.4. The second-order valence-corrected chi connectivity index (χ2v) is 13.0. The molecule has 0 spiro atoms. The molecule has 0 radical (unpaired) electrons. The topological polar surface area (TPSA) is 152 Å². The molecule has 1 aliphatic heterocycles. The molecular weight excluding hydrogens is 558 g/mol. The summed E-state index contributed by atoms with van der Waals surface area (Å²) in [6, 6.07) is 10.6. The van der Waals surface area contributed by atoms with Crippen molar-refractivity contribution in [1.82, 2.24) is 14.2 Å². The van der Waals surface area contributed by atoms with E-state index in [9.17, 15) is 28.1 Å². The summed E-state index contributed by atoms with van der Waals surface area (Å²) in [5.41, 5.74) is 0.659. The van der Waals surface area contributed by atoms with Gasteiger partial charge in [0.05, 0.1) is 14.7 Å². The Kier molecular flexibility index (Phi) is 8.23. The third kappa shape index (κ3) is 6.63. The Labute approximate surface area is 235 Å². The van der Waals surface area contributed by atoms with Crippen LogP contribution in [0.25, 0.3) is 21.0 Å². The Morgan fingerprint density at radius 1 is 1.07 bits per heavy atom. The smallest absolute Gasteiger partial charge is 0.410 e. The minimum atomic E-state index is -4.05. The summed E-state index contributed by atoms with van der Waals surface area (Å²) in [7, 11) is -4.05. The average Bonchev–Trinajstić information content (AvgIpc) is 3.37. The molecule has 1 N–H and O–H groups in total. The quantitative estimate of drug-likeness (QED) is 0.325. The fourth-order valence-corrected chi connectivity index (χ4v) is 6.73. The number of amides is 2. The SMILES string of the molecule is CC(=O)Nc1ccc(-c2cnc(-c3ccc([N+](=O)[O-])cc3)s2)c(S(=O)(=O)N2CCN(C(=O)OC(C)(C)C)CC2)c1. The molecule has 3 aromatic rings. The zero-order valence-corrected chi connectivity index (χ0v) is 24.0. The summed E-state index contributed by atoms with van der Waals surface area (Å²) in [6.07, 6.45) is 1.05. The van der Waals surface area contributed by atoms with Crippen molar-refractivity contribution >= 4 is 44.7 Å². The van der Waals surface area contributed by atoms with E-state index in [0.717, 1.165) is 0 Å². The third-order valence-electron chi connectivity index (χ3n) is 5.91. The Balaban J connectivity index is 1.64. The van der Waals surface area contributed by atoms with Gasteiger partial charge in [0.1, 0.15) is 10.6 Å². The van der Waals surface area contributed by atoms with E-state index in [1.807, 2.05) is 0 Å². The number of nitro groups is 1.